The Bertz CT molecular complexity index is 1520. The maximum absolute atomic E-state index is 14.7. The summed E-state index contributed by atoms with van der Waals surface area (Å²) in [6.07, 6.45) is -6.11. The van der Waals surface area contributed by atoms with Crippen molar-refractivity contribution in [2.75, 3.05) is 50.6 Å². The zero-order chi connectivity index (χ0) is 29.2. The highest BCUT2D eigenvalue weighted by atomic mass is 32.1. The molecule has 2 heterocycles. The van der Waals surface area contributed by atoms with Gasteiger partial charge in [-0.3, -0.25) is 4.79 Å². The summed E-state index contributed by atoms with van der Waals surface area (Å²) in [6, 6.07) is 9.31. The summed E-state index contributed by atoms with van der Waals surface area (Å²) in [7, 11) is -0.767. The minimum atomic E-state index is -4.44. The van der Waals surface area contributed by atoms with E-state index in [2.05, 4.69) is 22.5 Å². The Morgan fingerprint density at radius 3 is 2.62 bits per heavy atom. The smallest absolute Gasteiger partial charge is 0.378 e. The monoisotopic (exact) mass is 594 g/mol. The number of fused-ring (bicyclic) bond motifs is 1. The first-order valence-electron chi connectivity index (χ1n) is 12.7. The van der Waals surface area contributed by atoms with E-state index in [0.717, 1.165) is 17.9 Å². The van der Waals surface area contributed by atoms with Crippen molar-refractivity contribution in [3.8, 4) is 11.8 Å². The van der Waals surface area contributed by atoms with Gasteiger partial charge in [0.05, 0.1) is 39.8 Å². The minimum Gasteiger partial charge on any atom is -0.378 e. The molecule has 1 amide bonds. The number of anilines is 2. The maximum Gasteiger partial charge on any atom is 0.393 e. The number of primary amides is 1. The second kappa shape index (κ2) is 11.8. The molecule has 0 spiro atoms. The average molecular weight is 595 g/mol. The molecule has 214 valence electrons. The van der Waals surface area contributed by atoms with Crippen LogP contribution in [0.4, 0.5) is 28.9 Å². The molecular weight excluding hydrogens is 563 g/mol. The number of thiophene rings is 1. The number of rotatable bonds is 7. The van der Waals surface area contributed by atoms with Crippen LogP contribution in [0, 0.1) is 11.8 Å². The van der Waals surface area contributed by atoms with E-state index in [4.69, 9.17) is 5.73 Å². The van der Waals surface area contributed by atoms with E-state index in [9.17, 15) is 26.9 Å². The van der Waals surface area contributed by atoms with Crippen LogP contribution in [-0.4, -0.2) is 69.2 Å². The Hall–Kier alpha value is -3.06. The number of benzene rings is 2. The summed E-state index contributed by atoms with van der Waals surface area (Å²) >= 11 is 1.14. The Balaban J connectivity index is 1.62. The number of nitrogens with two attached hydrogens (primary N) is 1. The molecule has 0 aliphatic carbocycles. The summed E-state index contributed by atoms with van der Waals surface area (Å²) in [5, 5.41) is 7.14. The van der Waals surface area contributed by atoms with Gasteiger partial charge in [0, 0.05) is 24.1 Å². The van der Waals surface area contributed by atoms with E-state index >= 15 is 0 Å². The third-order valence-electron chi connectivity index (χ3n) is 6.74. The van der Waals surface area contributed by atoms with Crippen molar-refractivity contribution in [2.45, 2.75) is 31.2 Å². The van der Waals surface area contributed by atoms with Gasteiger partial charge in [-0.2, -0.15) is 13.2 Å². The average Bonchev–Trinajstić information content (AvgIpc) is 3.19. The molecule has 0 radical (unpaired) electrons. The highest BCUT2D eigenvalue weighted by Gasteiger charge is 2.32. The van der Waals surface area contributed by atoms with E-state index in [-0.39, 0.29) is 29.1 Å². The van der Waals surface area contributed by atoms with Gasteiger partial charge in [0.25, 0.3) is 5.91 Å². The second-order valence-electron chi connectivity index (χ2n) is 10.3. The van der Waals surface area contributed by atoms with Gasteiger partial charge < -0.3 is 25.8 Å². The van der Waals surface area contributed by atoms with Gasteiger partial charge in [0.2, 0.25) is 0 Å². The number of carbonyl (C=O) groups is 1. The third-order valence-corrected chi connectivity index (χ3v) is 9.46. The number of halogens is 4. The lowest BCUT2D eigenvalue weighted by Gasteiger charge is -2.33. The molecule has 3 aromatic rings. The number of hydrogen-bond acceptors (Lipinski definition) is 6. The Labute approximate surface area is 234 Å². The van der Waals surface area contributed by atoms with Crippen LogP contribution >= 0.6 is 18.5 Å². The van der Waals surface area contributed by atoms with Gasteiger partial charge in [0.15, 0.2) is 0 Å². The molecule has 40 heavy (non-hydrogen) atoms. The highest BCUT2D eigenvalue weighted by Crippen LogP contribution is 2.40. The number of likely N-dealkylation sites (tertiary alicyclic amines) is 1. The number of hydrogen-bond donors (Lipinski definition) is 3. The van der Waals surface area contributed by atoms with Crippen molar-refractivity contribution in [1.29, 1.82) is 0 Å². The molecule has 12 heteroatoms. The quantitative estimate of drug-likeness (QED) is 0.197. The fourth-order valence-corrected chi connectivity index (χ4v) is 6.71. The van der Waals surface area contributed by atoms with Crippen LogP contribution in [0.3, 0.4) is 0 Å². The predicted octanol–water partition coefficient (Wildman–Crippen LogP) is 5.27. The van der Waals surface area contributed by atoms with Gasteiger partial charge in [-0.05, 0) is 62.0 Å². The number of piperidine rings is 1. The molecule has 6 nitrogen and oxygen atoms in total. The Morgan fingerprint density at radius 1 is 1.23 bits per heavy atom. The van der Waals surface area contributed by atoms with Crippen LogP contribution < -0.4 is 21.7 Å². The first kappa shape index (κ1) is 29.9. The predicted molar refractivity (Wildman–Crippen MR) is 155 cm³/mol. The van der Waals surface area contributed by atoms with Crippen LogP contribution in [0.25, 0.3) is 10.1 Å². The van der Waals surface area contributed by atoms with Crippen molar-refractivity contribution in [1.82, 2.24) is 4.90 Å². The largest absolute Gasteiger partial charge is 0.393 e. The van der Waals surface area contributed by atoms with Crippen molar-refractivity contribution in [3.63, 3.8) is 0 Å². The van der Waals surface area contributed by atoms with Crippen molar-refractivity contribution in [3.05, 3.63) is 52.4 Å². The Kier molecular flexibility index (Phi) is 8.83. The second-order valence-corrected chi connectivity index (χ2v) is 14.5. The zero-order valence-corrected chi connectivity index (χ0v) is 24.1. The van der Waals surface area contributed by atoms with Crippen molar-refractivity contribution < 1.29 is 26.9 Å². The first-order valence-corrected chi connectivity index (χ1v) is 16.1. The minimum absolute atomic E-state index is 0.0273. The van der Waals surface area contributed by atoms with Gasteiger partial charge in [0.1, 0.15) is 13.3 Å². The summed E-state index contributed by atoms with van der Waals surface area (Å²) in [6.45, 7) is 4.20. The first-order chi connectivity index (χ1) is 18.7. The zero-order valence-electron chi connectivity index (χ0n) is 22.4. The van der Waals surface area contributed by atoms with E-state index in [1.54, 1.807) is 43.7 Å². The molecule has 2 atom stereocenters. The Morgan fingerprint density at radius 2 is 1.98 bits per heavy atom. The fourth-order valence-electron chi connectivity index (χ4n) is 4.67. The van der Waals surface area contributed by atoms with Gasteiger partial charge in [-0.1, -0.05) is 24.0 Å². The molecule has 4 N–H and O–H groups in total. The topological polar surface area (TPSA) is 87.5 Å². The molecule has 0 unspecified atom stereocenters. The van der Waals surface area contributed by atoms with E-state index < -0.39 is 37.9 Å². The van der Waals surface area contributed by atoms with Crippen molar-refractivity contribution >= 4 is 51.2 Å². The summed E-state index contributed by atoms with van der Waals surface area (Å²) in [4.78, 5) is 14.1. The molecule has 0 bridgehead atoms. The lowest BCUT2D eigenvalue weighted by atomic mass is 10.0. The van der Waals surface area contributed by atoms with Crippen LogP contribution in [0.5, 0.6) is 0 Å². The normalized spacial score (nSPS) is 18.3. The van der Waals surface area contributed by atoms with E-state index in [0.29, 0.717) is 33.2 Å². The standard InChI is InChI=1S/C28H31F4N4O2PS/c1-36-13-11-23(21(29)16-36)35-24-7-4-6-18-20(15-28(30,31)32)25(40-26(18)24)8-5-12-34-22-10-9-17(39(2,3)38)14-19(22)27(33)37/h4,6-7,9-10,14,21,23,34-35H,11-13,15-16H2,1-3H3,(H2,33,37)/t21-,23+/m0/s1. The fraction of sp³-hybridized carbons (Fsp3) is 0.393. The molecule has 1 aliphatic rings. The lowest BCUT2D eigenvalue weighted by molar-refractivity contribution is -0.126. The number of nitrogens with one attached hydrogen (secondary N) is 2. The van der Waals surface area contributed by atoms with Crippen LogP contribution in [0.2, 0.25) is 0 Å². The van der Waals surface area contributed by atoms with E-state index in [1.165, 1.54) is 6.07 Å². The van der Waals surface area contributed by atoms with Gasteiger partial charge in [-0.15, -0.1) is 11.3 Å². The number of alkyl halides is 4. The van der Waals surface area contributed by atoms with Crippen LogP contribution in [-0.2, 0) is 11.0 Å². The third kappa shape index (κ3) is 7.17. The lowest BCUT2D eigenvalue weighted by Crippen LogP contribution is -2.46. The molecule has 1 aromatic heterocycles. The maximum atomic E-state index is 14.7. The van der Waals surface area contributed by atoms with Crippen LogP contribution in [0.1, 0.15) is 27.2 Å². The SMILES string of the molecule is CN1CC[C@@H](Nc2cccc3c(CC(F)(F)F)c(C#CCNc4ccc(P(C)(C)=O)cc4C(N)=O)sc23)[C@@H](F)C1. The molecule has 1 saturated heterocycles. The molecule has 2 aromatic carbocycles. The highest BCUT2D eigenvalue weighted by molar-refractivity contribution is 7.70. The van der Waals surface area contributed by atoms with Crippen molar-refractivity contribution in [2.24, 2.45) is 5.73 Å². The molecule has 1 fully saturated rings. The van der Waals surface area contributed by atoms with E-state index in [1.807, 2.05) is 11.9 Å². The summed E-state index contributed by atoms with van der Waals surface area (Å²) in [5.41, 5.74) is 6.70. The summed E-state index contributed by atoms with van der Waals surface area (Å²) < 4.78 is 68.3. The number of carbonyl (C=O) groups excluding carboxylic acids is 1. The van der Waals surface area contributed by atoms with Crippen LogP contribution in [0.15, 0.2) is 36.4 Å². The van der Waals surface area contributed by atoms with Gasteiger partial charge in [-0.25, -0.2) is 4.39 Å². The van der Waals surface area contributed by atoms with Gasteiger partial charge >= 0.3 is 6.18 Å². The molecule has 4 rings (SSSR count). The number of nitrogens with zero attached hydrogens (tertiary/aromatic N) is 1. The molecular formula is C28H31F4N4O2PS. The summed E-state index contributed by atoms with van der Waals surface area (Å²) in [5.74, 6) is 5.01. The molecule has 0 saturated carbocycles. The number of amides is 1. The molecule has 1 aliphatic heterocycles.